The van der Waals surface area contributed by atoms with Crippen molar-refractivity contribution in [1.29, 1.82) is 0 Å². The van der Waals surface area contributed by atoms with Gasteiger partial charge in [-0.15, -0.1) is 11.6 Å². The number of aromatic nitrogens is 3. The molecule has 0 aromatic carbocycles. The van der Waals surface area contributed by atoms with E-state index in [0.29, 0.717) is 10.8 Å². The SMILES string of the molecule is Cc1cc(=O)n2nc(CCCCl)sc2n1. The van der Waals surface area contributed by atoms with Crippen LogP contribution >= 0.6 is 22.9 Å². The van der Waals surface area contributed by atoms with Gasteiger partial charge in [0.2, 0.25) is 4.96 Å². The Bertz CT molecular complexity index is 534. The zero-order valence-corrected chi connectivity index (χ0v) is 9.81. The molecule has 2 heterocycles. The lowest BCUT2D eigenvalue weighted by Crippen LogP contribution is -2.14. The van der Waals surface area contributed by atoms with E-state index in [0.717, 1.165) is 23.5 Å². The minimum Gasteiger partial charge on any atom is -0.267 e. The average Bonchev–Trinajstić information content (AvgIpc) is 2.57. The summed E-state index contributed by atoms with van der Waals surface area (Å²) in [5, 5.41) is 5.10. The summed E-state index contributed by atoms with van der Waals surface area (Å²) in [6.45, 7) is 1.81. The van der Waals surface area contributed by atoms with E-state index in [9.17, 15) is 4.79 Å². The molecule has 0 aliphatic heterocycles. The van der Waals surface area contributed by atoms with Crippen molar-refractivity contribution in [2.45, 2.75) is 19.8 Å². The van der Waals surface area contributed by atoms with Crippen molar-refractivity contribution in [1.82, 2.24) is 14.6 Å². The molecular formula is C9H10ClN3OS. The van der Waals surface area contributed by atoms with Gasteiger partial charge < -0.3 is 0 Å². The first-order valence-electron chi connectivity index (χ1n) is 4.63. The monoisotopic (exact) mass is 243 g/mol. The zero-order chi connectivity index (χ0) is 10.8. The number of hydrogen-bond acceptors (Lipinski definition) is 4. The maximum absolute atomic E-state index is 11.5. The number of nitrogens with zero attached hydrogens (tertiary/aromatic N) is 3. The molecule has 0 bridgehead atoms. The molecule has 4 nitrogen and oxygen atoms in total. The van der Waals surface area contributed by atoms with Crippen LogP contribution in [-0.4, -0.2) is 20.5 Å². The highest BCUT2D eigenvalue weighted by Crippen LogP contribution is 2.13. The van der Waals surface area contributed by atoms with Crippen LogP contribution in [0.1, 0.15) is 17.1 Å². The zero-order valence-electron chi connectivity index (χ0n) is 8.23. The predicted molar refractivity (Wildman–Crippen MR) is 60.9 cm³/mol. The molecule has 2 aromatic heterocycles. The van der Waals surface area contributed by atoms with Crippen molar-refractivity contribution in [3.05, 3.63) is 27.1 Å². The number of aryl methyl sites for hydroxylation is 2. The molecule has 0 aliphatic rings. The summed E-state index contributed by atoms with van der Waals surface area (Å²) in [7, 11) is 0. The van der Waals surface area contributed by atoms with Crippen LogP contribution in [0.5, 0.6) is 0 Å². The number of hydrogen-bond donors (Lipinski definition) is 0. The Labute approximate surface area is 95.5 Å². The van der Waals surface area contributed by atoms with Gasteiger partial charge in [0.15, 0.2) is 0 Å². The Morgan fingerprint density at radius 1 is 1.60 bits per heavy atom. The highest BCUT2D eigenvalue weighted by atomic mass is 35.5. The fourth-order valence-electron chi connectivity index (χ4n) is 1.28. The summed E-state index contributed by atoms with van der Waals surface area (Å²) < 4.78 is 1.35. The molecule has 2 aromatic rings. The fourth-order valence-corrected chi connectivity index (χ4v) is 2.40. The van der Waals surface area contributed by atoms with E-state index in [-0.39, 0.29) is 5.56 Å². The molecule has 0 N–H and O–H groups in total. The van der Waals surface area contributed by atoms with Crippen molar-refractivity contribution in [2.24, 2.45) is 0 Å². The van der Waals surface area contributed by atoms with Gasteiger partial charge in [-0.1, -0.05) is 11.3 Å². The van der Waals surface area contributed by atoms with Crippen LogP contribution in [0.25, 0.3) is 4.96 Å². The van der Waals surface area contributed by atoms with Crippen molar-refractivity contribution < 1.29 is 0 Å². The van der Waals surface area contributed by atoms with Crippen LogP contribution in [0.4, 0.5) is 0 Å². The summed E-state index contributed by atoms with van der Waals surface area (Å²) in [4.78, 5) is 16.4. The van der Waals surface area contributed by atoms with E-state index in [4.69, 9.17) is 11.6 Å². The van der Waals surface area contributed by atoms with Gasteiger partial charge in [-0.25, -0.2) is 4.98 Å². The molecule has 0 atom stereocenters. The Hall–Kier alpha value is -0.940. The summed E-state index contributed by atoms with van der Waals surface area (Å²) in [5.74, 6) is 0.608. The van der Waals surface area contributed by atoms with Gasteiger partial charge in [0, 0.05) is 24.1 Å². The molecule has 0 aliphatic carbocycles. The van der Waals surface area contributed by atoms with Gasteiger partial charge in [0.1, 0.15) is 5.01 Å². The number of fused-ring (bicyclic) bond motifs is 1. The maximum atomic E-state index is 11.5. The standard InChI is InChI=1S/C9H10ClN3OS/c1-6-5-8(14)13-9(11-6)15-7(12-13)3-2-4-10/h5H,2-4H2,1H3. The van der Waals surface area contributed by atoms with Crippen molar-refractivity contribution >= 4 is 27.9 Å². The average molecular weight is 244 g/mol. The molecule has 0 spiro atoms. The largest absolute Gasteiger partial charge is 0.275 e. The molecule has 0 fully saturated rings. The molecule has 0 saturated carbocycles. The second-order valence-electron chi connectivity index (χ2n) is 3.22. The van der Waals surface area contributed by atoms with Gasteiger partial charge in [0.05, 0.1) is 0 Å². The Balaban J connectivity index is 2.46. The first-order valence-corrected chi connectivity index (χ1v) is 5.98. The van der Waals surface area contributed by atoms with Crippen LogP contribution in [0, 0.1) is 6.92 Å². The normalized spacial score (nSPS) is 11.1. The third-order valence-electron chi connectivity index (χ3n) is 1.94. The van der Waals surface area contributed by atoms with Crippen molar-refractivity contribution in [3.63, 3.8) is 0 Å². The maximum Gasteiger partial charge on any atom is 0.275 e. The molecule has 80 valence electrons. The number of rotatable bonds is 3. The van der Waals surface area contributed by atoms with Crippen molar-refractivity contribution in [3.8, 4) is 0 Å². The van der Waals surface area contributed by atoms with Crippen LogP contribution < -0.4 is 5.56 Å². The predicted octanol–water partition coefficient (Wildman–Crippen LogP) is 1.63. The molecule has 15 heavy (non-hydrogen) atoms. The van der Waals surface area contributed by atoms with Crippen LogP contribution in [0.3, 0.4) is 0 Å². The van der Waals surface area contributed by atoms with E-state index < -0.39 is 0 Å². The van der Waals surface area contributed by atoms with Crippen molar-refractivity contribution in [2.75, 3.05) is 5.88 Å². The Morgan fingerprint density at radius 3 is 3.13 bits per heavy atom. The molecule has 0 unspecified atom stereocenters. The summed E-state index contributed by atoms with van der Waals surface area (Å²) in [6, 6.07) is 1.48. The first kappa shape index (κ1) is 10.6. The topological polar surface area (TPSA) is 47.3 Å². The summed E-state index contributed by atoms with van der Waals surface area (Å²) >= 11 is 7.05. The lowest BCUT2D eigenvalue weighted by atomic mass is 10.4. The first-order chi connectivity index (χ1) is 7.20. The molecule has 2 rings (SSSR count). The Kier molecular flexibility index (Phi) is 3.02. The number of alkyl halides is 1. The number of halogens is 1. The second-order valence-corrected chi connectivity index (χ2v) is 4.64. The molecule has 0 radical (unpaired) electrons. The lowest BCUT2D eigenvalue weighted by Gasteiger charge is -1.90. The summed E-state index contributed by atoms with van der Waals surface area (Å²) in [6.07, 6.45) is 1.67. The second kappa shape index (κ2) is 4.28. The minimum atomic E-state index is -0.120. The minimum absolute atomic E-state index is 0.120. The van der Waals surface area contributed by atoms with Crippen LogP contribution in [0.15, 0.2) is 10.9 Å². The van der Waals surface area contributed by atoms with Gasteiger partial charge in [0.25, 0.3) is 5.56 Å². The fraction of sp³-hybridized carbons (Fsp3) is 0.444. The van der Waals surface area contributed by atoms with Gasteiger partial charge >= 0.3 is 0 Å². The highest BCUT2D eigenvalue weighted by molar-refractivity contribution is 7.16. The van der Waals surface area contributed by atoms with Crippen LogP contribution in [0.2, 0.25) is 0 Å². The van der Waals surface area contributed by atoms with E-state index in [2.05, 4.69) is 10.1 Å². The van der Waals surface area contributed by atoms with Gasteiger partial charge in [-0.05, 0) is 13.3 Å². The van der Waals surface area contributed by atoms with Gasteiger partial charge in [-0.3, -0.25) is 4.79 Å². The molecule has 0 amide bonds. The van der Waals surface area contributed by atoms with Crippen LogP contribution in [-0.2, 0) is 6.42 Å². The molecule has 0 saturated heterocycles. The third kappa shape index (κ3) is 2.18. The van der Waals surface area contributed by atoms with E-state index in [1.807, 2.05) is 0 Å². The summed E-state index contributed by atoms with van der Waals surface area (Å²) in [5.41, 5.74) is 0.610. The van der Waals surface area contributed by atoms with E-state index >= 15 is 0 Å². The van der Waals surface area contributed by atoms with E-state index in [1.54, 1.807) is 6.92 Å². The molecular weight excluding hydrogens is 234 g/mol. The van der Waals surface area contributed by atoms with Gasteiger partial charge in [-0.2, -0.15) is 9.61 Å². The van der Waals surface area contributed by atoms with E-state index in [1.165, 1.54) is 21.9 Å². The smallest absolute Gasteiger partial charge is 0.267 e. The third-order valence-corrected chi connectivity index (χ3v) is 3.17. The lowest BCUT2D eigenvalue weighted by molar-refractivity contribution is 0.821. The quantitative estimate of drug-likeness (QED) is 0.770. The highest BCUT2D eigenvalue weighted by Gasteiger charge is 2.06. The molecule has 6 heteroatoms. The Morgan fingerprint density at radius 2 is 2.40 bits per heavy atom.